The summed E-state index contributed by atoms with van der Waals surface area (Å²) >= 11 is 7.49. The molecule has 1 aliphatic rings. The predicted octanol–water partition coefficient (Wildman–Crippen LogP) is 2.84. The van der Waals surface area contributed by atoms with Crippen LogP contribution in [0.3, 0.4) is 0 Å². The van der Waals surface area contributed by atoms with Crippen molar-refractivity contribution in [2.45, 2.75) is 31.0 Å². The maximum Gasteiger partial charge on any atom is 0.190 e. The van der Waals surface area contributed by atoms with Gasteiger partial charge in [0.25, 0.3) is 0 Å². The van der Waals surface area contributed by atoms with Gasteiger partial charge in [-0.1, -0.05) is 23.4 Å². The molecule has 2 heterocycles. The molecule has 3 nitrogen and oxygen atoms in total. The Bertz CT molecular complexity index is 359. The first kappa shape index (κ1) is 11.0. The van der Waals surface area contributed by atoms with E-state index in [2.05, 4.69) is 21.8 Å². The molecular weight excluding hydrogens is 230 g/mol. The lowest BCUT2D eigenvalue weighted by Crippen LogP contribution is -2.27. The molecule has 0 bridgehead atoms. The zero-order valence-electron chi connectivity index (χ0n) is 8.90. The van der Waals surface area contributed by atoms with Gasteiger partial charge in [0.05, 0.1) is 0 Å². The van der Waals surface area contributed by atoms with Crippen LogP contribution in [0.15, 0.2) is 11.2 Å². The minimum atomic E-state index is 0.531. The molecule has 0 aromatic carbocycles. The van der Waals surface area contributed by atoms with E-state index in [1.807, 2.05) is 12.3 Å². The van der Waals surface area contributed by atoms with E-state index in [0.717, 1.165) is 17.5 Å². The largest absolute Gasteiger partial charge is 0.354 e. The van der Waals surface area contributed by atoms with Crippen molar-refractivity contribution in [1.82, 2.24) is 9.97 Å². The number of hydrogen-bond donors (Lipinski definition) is 0. The summed E-state index contributed by atoms with van der Waals surface area (Å²) in [5, 5.41) is 1.28. The lowest BCUT2D eigenvalue weighted by atomic mass is 10.2. The van der Waals surface area contributed by atoms with E-state index in [-0.39, 0.29) is 0 Å². The lowest BCUT2D eigenvalue weighted by Gasteiger charge is -2.22. The highest BCUT2D eigenvalue weighted by Crippen LogP contribution is 2.26. The molecule has 1 aromatic heterocycles. The highest BCUT2D eigenvalue weighted by molar-refractivity contribution is 7.98. The highest BCUT2D eigenvalue weighted by atomic mass is 35.5. The van der Waals surface area contributed by atoms with Crippen molar-refractivity contribution in [3.63, 3.8) is 0 Å². The Hall–Kier alpha value is -0.480. The first-order valence-electron chi connectivity index (χ1n) is 5.06. The van der Waals surface area contributed by atoms with Crippen molar-refractivity contribution >= 4 is 29.2 Å². The Kier molecular flexibility index (Phi) is 3.36. The van der Waals surface area contributed by atoms with Crippen molar-refractivity contribution in [3.05, 3.63) is 11.2 Å². The molecule has 1 saturated heterocycles. The summed E-state index contributed by atoms with van der Waals surface area (Å²) in [6.07, 6.45) is 4.43. The molecule has 2 rings (SSSR count). The molecule has 1 unspecified atom stereocenters. The van der Waals surface area contributed by atoms with E-state index in [1.54, 1.807) is 0 Å². The Morgan fingerprint density at radius 1 is 1.53 bits per heavy atom. The fourth-order valence-electron chi connectivity index (χ4n) is 1.90. The Morgan fingerprint density at radius 2 is 2.33 bits per heavy atom. The van der Waals surface area contributed by atoms with E-state index >= 15 is 0 Å². The summed E-state index contributed by atoms with van der Waals surface area (Å²) < 4.78 is 0. The van der Waals surface area contributed by atoms with Crippen LogP contribution in [-0.4, -0.2) is 28.8 Å². The molecule has 15 heavy (non-hydrogen) atoms. The second kappa shape index (κ2) is 4.58. The minimum Gasteiger partial charge on any atom is -0.354 e. The number of rotatable bonds is 2. The number of thioether (sulfide) groups is 1. The van der Waals surface area contributed by atoms with Crippen molar-refractivity contribution < 1.29 is 0 Å². The van der Waals surface area contributed by atoms with Gasteiger partial charge in [-0.05, 0) is 26.0 Å². The molecule has 82 valence electrons. The predicted molar refractivity (Wildman–Crippen MR) is 64.9 cm³/mol. The van der Waals surface area contributed by atoms with Crippen LogP contribution >= 0.6 is 23.4 Å². The van der Waals surface area contributed by atoms with Crippen LogP contribution in [0.2, 0.25) is 5.15 Å². The van der Waals surface area contributed by atoms with Gasteiger partial charge in [0, 0.05) is 18.7 Å². The van der Waals surface area contributed by atoms with Crippen molar-refractivity contribution in [3.8, 4) is 0 Å². The average molecular weight is 244 g/mol. The Morgan fingerprint density at radius 3 is 2.93 bits per heavy atom. The second-order valence-corrected chi connectivity index (χ2v) is 4.88. The highest BCUT2D eigenvalue weighted by Gasteiger charge is 2.22. The molecule has 0 aliphatic carbocycles. The molecule has 5 heteroatoms. The van der Waals surface area contributed by atoms with Crippen LogP contribution in [-0.2, 0) is 0 Å². The third-order valence-electron chi connectivity index (χ3n) is 2.69. The van der Waals surface area contributed by atoms with E-state index < -0.39 is 0 Å². The number of nitrogens with zero attached hydrogens (tertiary/aromatic N) is 3. The molecule has 1 atom stereocenters. The third kappa shape index (κ3) is 2.37. The minimum absolute atomic E-state index is 0.531. The first-order chi connectivity index (χ1) is 7.20. The van der Waals surface area contributed by atoms with Gasteiger partial charge in [0.2, 0.25) is 0 Å². The maximum atomic E-state index is 5.96. The van der Waals surface area contributed by atoms with Gasteiger partial charge in [-0.15, -0.1) is 0 Å². The summed E-state index contributed by atoms with van der Waals surface area (Å²) in [7, 11) is 0. The van der Waals surface area contributed by atoms with Crippen LogP contribution in [0.5, 0.6) is 0 Å². The standard InChI is InChI=1S/C10H14ClN3S/c1-7-4-3-5-14(7)9-6-8(11)12-10(13-9)15-2/h6-7H,3-5H2,1-2H3. The summed E-state index contributed by atoms with van der Waals surface area (Å²) in [6.45, 7) is 3.30. The topological polar surface area (TPSA) is 29.0 Å². The molecular formula is C10H14ClN3S. The van der Waals surface area contributed by atoms with Gasteiger partial charge in [0.1, 0.15) is 11.0 Å². The smallest absolute Gasteiger partial charge is 0.190 e. The number of aromatic nitrogens is 2. The fourth-order valence-corrected chi connectivity index (χ4v) is 2.50. The monoisotopic (exact) mass is 243 g/mol. The molecule has 0 spiro atoms. The van der Waals surface area contributed by atoms with Crippen LogP contribution in [0.1, 0.15) is 19.8 Å². The van der Waals surface area contributed by atoms with Gasteiger partial charge in [-0.3, -0.25) is 0 Å². The van der Waals surface area contributed by atoms with Crippen LogP contribution in [0.4, 0.5) is 5.82 Å². The van der Waals surface area contributed by atoms with Gasteiger partial charge < -0.3 is 4.90 Å². The van der Waals surface area contributed by atoms with E-state index in [1.165, 1.54) is 24.6 Å². The number of halogens is 1. The van der Waals surface area contributed by atoms with Crippen LogP contribution in [0, 0.1) is 0 Å². The quantitative estimate of drug-likeness (QED) is 0.454. The van der Waals surface area contributed by atoms with Gasteiger partial charge in [0.15, 0.2) is 5.16 Å². The molecule has 0 radical (unpaired) electrons. The zero-order chi connectivity index (χ0) is 10.8. The number of anilines is 1. The molecule has 0 saturated carbocycles. The molecule has 1 fully saturated rings. The first-order valence-corrected chi connectivity index (χ1v) is 6.66. The van der Waals surface area contributed by atoms with Gasteiger partial charge in [-0.25, -0.2) is 9.97 Å². The van der Waals surface area contributed by atoms with Gasteiger partial charge in [-0.2, -0.15) is 0 Å². The molecule has 1 aromatic rings. The van der Waals surface area contributed by atoms with Crippen LogP contribution < -0.4 is 4.90 Å². The Balaban J connectivity index is 2.30. The van der Waals surface area contributed by atoms with E-state index in [4.69, 9.17) is 11.6 Å². The lowest BCUT2D eigenvalue weighted by molar-refractivity contribution is 0.720. The van der Waals surface area contributed by atoms with E-state index in [9.17, 15) is 0 Å². The molecule has 0 N–H and O–H groups in total. The zero-order valence-corrected chi connectivity index (χ0v) is 10.5. The fraction of sp³-hybridized carbons (Fsp3) is 0.600. The summed E-state index contributed by atoms with van der Waals surface area (Å²) in [5.74, 6) is 0.962. The maximum absolute atomic E-state index is 5.96. The molecule has 1 aliphatic heterocycles. The number of hydrogen-bond acceptors (Lipinski definition) is 4. The second-order valence-electron chi connectivity index (χ2n) is 3.72. The normalized spacial score (nSPS) is 21.0. The third-order valence-corrected chi connectivity index (χ3v) is 3.43. The average Bonchev–Trinajstić information content (AvgIpc) is 2.63. The van der Waals surface area contributed by atoms with Crippen molar-refractivity contribution in [2.24, 2.45) is 0 Å². The summed E-state index contributed by atoms with van der Waals surface area (Å²) in [4.78, 5) is 10.9. The SMILES string of the molecule is CSc1nc(Cl)cc(N2CCCC2C)n1. The van der Waals surface area contributed by atoms with Gasteiger partial charge >= 0.3 is 0 Å². The summed E-state index contributed by atoms with van der Waals surface area (Å²) in [5.41, 5.74) is 0. The molecule has 0 amide bonds. The van der Waals surface area contributed by atoms with E-state index in [0.29, 0.717) is 11.2 Å². The Labute approximate surface area is 99.2 Å². The van der Waals surface area contributed by atoms with Crippen molar-refractivity contribution in [2.75, 3.05) is 17.7 Å². The summed E-state index contributed by atoms with van der Waals surface area (Å²) in [6, 6.07) is 2.41. The van der Waals surface area contributed by atoms with Crippen molar-refractivity contribution in [1.29, 1.82) is 0 Å². The van der Waals surface area contributed by atoms with Crippen LogP contribution in [0.25, 0.3) is 0 Å².